The van der Waals surface area contributed by atoms with E-state index in [1.807, 2.05) is 0 Å². The van der Waals surface area contributed by atoms with Crippen LogP contribution in [0.2, 0.25) is 0 Å². The summed E-state index contributed by atoms with van der Waals surface area (Å²) in [4.78, 5) is -0.377. The van der Waals surface area contributed by atoms with Crippen LogP contribution in [0, 0.1) is 11.3 Å². The van der Waals surface area contributed by atoms with Crippen LogP contribution in [0.15, 0.2) is 23.1 Å². The van der Waals surface area contributed by atoms with Gasteiger partial charge in [-0.05, 0) is 25.2 Å². The Morgan fingerprint density at radius 2 is 1.90 bits per heavy atom. The molecule has 0 amide bonds. The minimum Gasteiger partial charge on any atom is -0.318 e. The van der Waals surface area contributed by atoms with Crippen molar-refractivity contribution in [3.05, 3.63) is 29.3 Å². The van der Waals surface area contributed by atoms with Gasteiger partial charge in [-0.2, -0.15) is 18.4 Å². The van der Waals surface area contributed by atoms with Gasteiger partial charge in [-0.15, -0.1) is 12.4 Å². The molecule has 1 aromatic rings. The Kier molecular flexibility index (Phi) is 7.12. The van der Waals surface area contributed by atoms with Crippen LogP contribution >= 0.6 is 12.4 Å². The van der Waals surface area contributed by atoms with Crippen LogP contribution in [0.4, 0.5) is 13.2 Å². The Bertz CT molecular complexity index is 627. The van der Waals surface area contributed by atoms with Gasteiger partial charge in [-0.1, -0.05) is 0 Å². The number of nitrogens with zero attached hydrogens (tertiary/aromatic N) is 1. The molecule has 10 heteroatoms. The molecule has 1 rings (SSSR count). The molecule has 0 aliphatic carbocycles. The third kappa shape index (κ3) is 5.17. The van der Waals surface area contributed by atoms with E-state index in [2.05, 4.69) is 10.0 Å². The summed E-state index contributed by atoms with van der Waals surface area (Å²) in [5, 5.41) is 11.4. The summed E-state index contributed by atoms with van der Waals surface area (Å²) in [6.45, 7) is 0.451. The van der Waals surface area contributed by atoms with E-state index in [0.29, 0.717) is 18.7 Å². The average molecular weight is 344 g/mol. The Hall–Kier alpha value is -1.34. The molecule has 0 atom stereocenters. The van der Waals surface area contributed by atoms with Crippen LogP contribution in [-0.4, -0.2) is 28.6 Å². The normalized spacial score (nSPS) is 11.6. The lowest BCUT2D eigenvalue weighted by Crippen LogP contribution is -2.30. The molecule has 0 aliphatic heterocycles. The highest BCUT2D eigenvalue weighted by molar-refractivity contribution is 7.89. The third-order valence-corrected chi connectivity index (χ3v) is 3.85. The maximum absolute atomic E-state index is 12.6. The van der Waals surface area contributed by atoms with Crippen molar-refractivity contribution < 1.29 is 21.6 Å². The summed E-state index contributed by atoms with van der Waals surface area (Å²) in [6, 6.07) is 3.48. The molecule has 0 radical (unpaired) electrons. The lowest BCUT2D eigenvalue weighted by Gasteiger charge is -2.11. The average Bonchev–Trinajstić information content (AvgIpc) is 2.37. The van der Waals surface area contributed by atoms with Crippen LogP contribution in [0.25, 0.3) is 0 Å². The molecule has 0 unspecified atom stereocenters. The molecule has 0 spiro atoms. The fraction of sp³-hybridized carbons (Fsp3) is 0.364. The topological polar surface area (TPSA) is 82.0 Å². The minimum absolute atomic E-state index is 0. The molecule has 0 bridgehead atoms. The minimum atomic E-state index is -4.70. The first kappa shape index (κ1) is 19.7. The van der Waals surface area contributed by atoms with Crippen molar-refractivity contribution in [1.29, 1.82) is 5.26 Å². The number of halogens is 4. The lowest BCUT2D eigenvalue weighted by atomic mass is 10.1. The molecule has 5 nitrogen and oxygen atoms in total. The van der Waals surface area contributed by atoms with E-state index >= 15 is 0 Å². The van der Waals surface area contributed by atoms with Gasteiger partial charge in [0, 0.05) is 13.1 Å². The number of likely N-dealkylation sites (N-methyl/N-ethyl adjacent to an activating group) is 1. The smallest absolute Gasteiger partial charge is 0.318 e. The highest BCUT2D eigenvalue weighted by Gasteiger charge is 2.34. The zero-order valence-corrected chi connectivity index (χ0v) is 12.5. The predicted octanol–water partition coefficient (Wildman–Crippen LogP) is 1.50. The van der Waals surface area contributed by atoms with Crippen LogP contribution in [-0.2, 0) is 16.2 Å². The maximum atomic E-state index is 12.6. The fourth-order valence-electron chi connectivity index (χ4n) is 1.42. The zero-order valence-electron chi connectivity index (χ0n) is 10.9. The lowest BCUT2D eigenvalue weighted by molar-refractivity contribution is -0.137. The Morgan fingerprint density at radius 1 is 1.29 bits per heavy atom. The number of hydrogen-bond acceptors (Lipinski definition) is 4. The van der Waals surface area contributed by atoms with Gasteiger partial charge >= 0.3 is 6.18 Å². The zero-order chi connectivity index (χ0) is 15.4. The second-order valence-corrected chi connectivity index (χ2v) is 5.59. The van der Waals surface area contributed by atoms with Crippen molar-refractivity contribution in [1.82, 2.24) is 10.0 Å². The first-order valence-electron chi connectivity index (χ1n) is 5.48. The van der Waals surface area contributed by atoms with Gasteiger partial charge < -0.3 is 5.32 Å². The van der Waals surface area contributed by atoms with Crippen LogP contribution < -0.4 is 10.0 Å². The monoisotopic (exact) mass is 343 g/mol. The SMILES string of the molecule is CNCCNS(=O)(=O)c1ccc(C(F)(F)F)c(C#N)c1.Cl. The number of sulfonamides is 1. The van der Waals surface area contributed by atoms with Crippen LogP contribution in [0.1, 0.15) is 11.1 Å². The highest BCUT2D eigenvalue weighted by atomic mass is 35.5. The Morgan fingerprint density at radius 3 is 2.38 bits per heavy atom. The van der Waals surface area contributed by atoms with Crippen molar-refractivity contribution in [3.8, 4) is 6.07 Å². The number of benzene rings is 1. The number of hydrogen-bond donors (Lipinski definition) is 2. The molecule has 118 valence electrons. The van der Waals surface area contributed by atoms with Gasteiger partial charge in [-0.25, -0.2) is 13.1 Å². The molecular weight excluding hydrogens is 331 g/mol. The van der Waals surface area contributed by atoms with E-state index in [1.165, 1.54) is 6.07 Å². The van der Waals surface area contributed by atoms with Crippen LogP contribution in [0.3, 0.4) is 0 Å². The van der Waals surface area contributed by atoms with E-state index in [1.54, 1.807) is 7.05 Å². The predicted molar refractivity (Wildman–Crippen MR) is 72.5 cm³/mol. The molecule has 0 aliphatic rings. The molecular formula is C11H13ClF3N3O2S. The number of rotatable bonds is 5. The van der Waals surface area contributed by atoms with Gasteiger partial charge in [0.05, 0.1) is 22.1 Å². The van der Waals surface area contributed by atoms with E-state index in [0.717, 1.165) is 6.07 Å². The molecule has 0 fully saturated rings. The Labute approximate surface area is 126 Å². The van der Waals surface area contributed by atoms with Gasteiger partial charge in [0.25, 0.3) is 0 Å². The van der Waals surface area contributed by atoms with E-state index in [-0.39, 0.29) is 23.8 Å². The molecule has 0 saturated heterocycles. The largest absolute Gasteiger partial charge is 0.417 e. The molecule has 0 heterocycles. The standard InChI is InChI=1S/C11H12F3N3O2S.ClH/c1-16-4-5-17-20(18,19)9-2-3-10(11(12,13)14)8(6-9)7-15;/h2-3,6,16-17H,4-5H2,1H3;1H. The summed E-state index contributed by atoms with van der Waals surface area (Å²) in [5.74, 6) is 0. The second kappa shape index (κ2) is 7.61. The van der Waals surface area contributed by atoms with Gasteiger partial charge in [-0.3, -0.25) is 0 Å². The summed E-state index contributed by atoms with van der Waals surface area (Å²) >= 11 is 0. The first-order valence-corrected chi connectivity index (χ1v) is 6.96. The second-order valence-electron chi connectivity index (χ2n) is 3.82. The molecule has 1 aromatic carbocycles. The first-order chi connectivity index (χ1) is 9.22. The van der Waals surface area contributed by atoms with Crippen molar-refractivity contribution in [2.45, 2.75) is 11.1 Å². The molecule has 21 heavy (non-hydrogen) atoms. The van der Waals surface area contributed by atoms with Crippen molar-refractivity contribution in [2.75, 3.05) is 20.1 Å². The molecule has 0 saturated carbocycles. The van der Waals surface area contributed by atoms with Crippen molar-refractivity contribution in [2.24, 2.45) is 0 Å². The van der Waals surface area contributed by atoms with Crippen LogP contribution in [0.5, 0.6) is 0 Å². The highest BCUT2D eigenvalue weighted by Crippen LogP contribution is 2.32. The number of nitrogens with one attached hydrogen (secondary N) is 2. The summed E-state index contributed by atoms with van der Waals surface area (Å²) < 4.78 is 63.6. The summed E-state index contributed by atoms with van der Waals surface area (Å²) in [5.41, 5.74) is -1.89. The quantitative estimate of drug-likeness (QED) is 0.794. The third-order valence-electron chi connectivity index (χ3n) is 2.39. The van der Waals surface area contributed by atoms with Crippen molar-refractivity contribution >= 4 is 22.4 Å². The van der Waals surface area contributed by atoms with Gasteiger partial charge in [0.15, 0.2) is 0 Å². The summed E-state index contributed by atoms with van der Waals surface area (Å²) in [7, 11) is -2.31. The molecule has 2 N–H and O–H groups in total. The van der Waals surface area contributed by atoms with E-state index < -0.39 is 27.3 Å². The number of alkyl halides is 3. The van der Waals surface area contributed by atoms with E-state index in [9.17, 15) is 21.6 Å². The van der Waals surface area contributed by atoms with Gasteiger partial charge in [0.2, 0.25) is 10.0 Å². The van der Waals surface area contributed by atoms with Crippen molar-refractivity contribution in [3.63, 3.8) is 0 Å². The van der Waals surface area contributed by atoms with E-state index in [4.69, 9.17) is 5.26 Å². The summed E-state index contributed by atoms with van der Waals surface area (Å²) in [6.07, 6.45) is -4.70. The van der Waals surface area contributed by atoms with Gasteiger partial charge in [0.1, 0.15) is 0 Å². The molecule has 0 aromatic heterocycles. The number of nitriles is 1. The maximum Gasteiger partial charge on any atom is 0.417 e. The Balaban J connectivity index is 0.00000400. The fourth-order valence-corrected chi connectivity index (χ4v) is 2.48.